The number of aldehydes is 1. The average molecular weight is 379 g/mol. The van der Waals surface area contributed by atoms with Crippen molar-refractivity contribution in [3.05, 3.63) is 59.9 Å². The number of methoxy groups -OCH3 is 3. The van der Waals surface area contributed by atoms with Crippen LogP contribution < -0.4 is 19.5 Å². The molecule has 7 nitrogen and oxygen atoms in total. The first-order valence-electron chi connectivity index (χ1n) is 8.59. The summed E-state index contributed by atoms with van der Waals surface area (Å²) in [6, 6.07) is 12.9. The van der Waals surface area contributed by atoms with Crippen LogP contribution in [0.5, 0.6) is 17.2 Å². The summed E-state index contributed by atoms with van der Waals surface area (Å²) < 4.78 is 16.1. The van der Waals surface area contributed by atoms with E-state index in [1.807, 2.05) is 30.3 Å². The lowest BCUT2D eigenvalue weighted by atomic mass is 10.1. The molecule has 0 fully saturated rings. The molecule has 28 heavy (non-hydrogen) atoms. The van der Waals surface area contributed by atoms with E-state index in [1.54, 1.807) is 33.5 Å². The Labute approximate surface area is 163 Å². The molecule has 144 valence electrons. The van der Waals surface area contributed by atoms with Gasteiger partial charge in [-0.2, -0.15) is 0 Å². The summed E-state index contributed by atoms with van der Waals surface area (Å²) in [6.07, 6.45) is 2.30. The highest BCUT2D eigenvalue weighted by Crippen LogP contribution is 2.38. The molecule has 0 unspecified atom stereocenters. The number of nitrogens with zero attached hydrogens (tertiary/aromatic N) is 2. The Bertz CT molecular complexity index is 950. The maximum absolute atomic E-state index is 11.0. The van der Waals surface area contributed by atoms with Crippen LogP contribution in [-0.4, -0.2) is 37.6 Å². The monoisotopic (exact) mass is 379 g/mol. The molecule has 7 heteroatoms. The maximum Gasteiger partial charge on any atom is 0.203 e. The van der Waals surface area contributed by atoms with Crippen molar-refractivity contribution in [3.8, 4) is 28.5 Å². The molecule has 1 heterocycles. The molecule has 0 saturated heterocycles. The zero-order valence-corrected chi connectivity index (χ0v) is 15.9. The van der Waals surface area contributed by atoms with Crippen LogP contribution in [0.25, 0.3) is 11.3 Å². The average Bonchev–Trinajstić information content (AvgIpc) is 2.77. The van der Waals surface area contributed by atoms with Crippen molar-refractivity contribution < 1.29 is 19.0 Å². The summed E-state index contributed by atoms with van der Waals surface area (Å²) in [5, 5.41) is 3.27. The molecule has 2 aromatic carbocycles. The number of aromatic nitrogens is 2. The summed E-state index contributed by atoms with van der Waals surface area (Å²) in [7, 11) is 4.73. The van der Waals surface area contributed by atoms with Crippen molar-refractivity contribution in [2.45, 2.75) is 6.54 Å². The van der Waals surface area contributed by atoms with Crippen LogP contribution in [0.4, 0.5) is 5.82 Å². The standard InChI is InChI=1S/C21H21N3O4/c1-26-18-8-15(9-19(27-2)21(18)28-3)11-22-20-10-17(23-13-24-20)16-6-4-5-14(7-16)12-25/h4-10,12-13H,11H2,1-3H3,(H,22,23,24). The van der Waals surface area contributed by atoms with Crippen molar-refractivity contribution >= 4 is 12.1 Å². The summed E-state index contributed by atoms with van der Waals surface area (Å²) in [5.41, 5.74) is 3.12. The number of nitrogens with one attached hydrogen (secondary N) is 1. The number of hydrogen-bond donors (Lipinski definition) is 1. The molecule has 0 saturated carbocycles. The molecule has 0 bridgehead atoms. The van der Waals surface area contributed by atoms with E-state index >= 15 is 0 Å². The Hall–Kier alpha value is -3.61. The lowest BCUT2D eigenvalue weighted by Gasteiger charge is -2.14. The van der Waals surface area contributed by atoms with Crippen LogP contribution in [0, 0.1) is 0 Å². The van der Waals surface area contributed by atoms with E-state index in [2.05, 4.69) is 15.3 Å². The highest BCUT2D eigenvalue weighted by atomic mass is 16.5. The van der Waals surface area contributed by atoms with E-state index in [4.69, 9.17) is 14.2 Å². The fourth-order valence-electron chi connectivity index (χ4n) is 2.81. The highest BCUT2D eigenvalue weighted by Gasteiger charge is 2.13. The third-order valence-electron chi connectivity index (χ3n) is 4.18. The predicted molar refractivity (Wildman–Crippen MR) is 106 cm³/mol. The predicted octanol–water partition coefficient (Wildman–Crippen LogP) is 3.59. The Morgan fingerprint density at radius 3 is 2.36 bits per heavy atom. The fraction of sp³-hybridized carbons (Fsp3) is 0.190. The van der Waals surface area contributed by atoms with Gasteiger partial charge in [-0.1, -0.05) is 18.2 Å². The third kappa shape index (κ3) is 4.20. The van der Waals surface area contributed by atoms with Gasteiger partial charge in [-0.05, 0) is 23.8 Å². The van der Waals surface area contributed by atoms with Crippen LogP contribution in [0.3, 0.4) is 0 Å². The molecule has 0 aliphatic heterocycles. The molecule has 0 atom stereocenters. The number of benzene rings is 2. The summed E-state index contributed by atoms with van der Waals surface area (Å²) in [4.78, 5) is 19.5. The van der Waals surface area contributed by atoms with Gasteiger partial charge in [-0.15, -0.1) is 0 Å². The second-order valence-corrected chi connectivity index (χ2v) is 5.92. The number of ether oxygens (including phenoxy) is 3. The Morgan fingerprint density at radius 1 is 0.964 bits per heavy atom. The van der Waals surface area contributed by atoms with Gasteiger partial charge < -0.3 is 19.5 Å². The van der Waals surface area contributed by atoms with Crippen LogP contribution in [-0.2, 0) is 6.54 Å². The van der Waals surface area contributed by atoms with Gasteiger partial charge in [0.1, 0.15) is 18.4 Å². The fourth-order valence-corrected chi connectivity index (χ4v) is 2.81. The summed E-state index contributed by atoms with van der Waals surface area (Å²) in [6.45, 7) is 0.502. The van der Waals surface area contributed by atoms with Gasteiger partial charge in [0.2, 0.25) is 5.75 Å². The molecular formula is C21H21N3O4. The van der Waals surface area contributed by atoms with Gasteiger partial charge >= 0.3 is 0 Å². The summed E-state index contributed by atoms with van der Waals surface area (Å²) >= 11 is 0. The molecule has 3 aromatic rings. The first kappa shape index (κ1) is 19.2. The molecule has 1 N–H and O–H groups in total. The van der Waals surface area contributed by atoms with Crippen LogP contribution in [0.1, 0.15) is 15.9 Å². The lowest BCUT2D eigenvalue weighted by Crippen LogP contribution is -2.04. The Morgan fingerprint density at radius 2 is 1.71 bits per heavy atom. The minimum absolute atomic E-state index is 0.502. The van der Waals surface area contributed by atoms with Crippen molar-refractivity contribution in [1.82, 2.24) is 9.97 Å². The molecule has 0 radical (unpaired) electrons. The Kier molecular flexibility index (Phi) is 6.06. The van der Waals surface area contributed by atoms with E-state index in [0.717, 1.165) is 23.1 Å². The van der Waals surface area contributed by atoms with Gasteiger partial charge in [-0.25, -0.2) is 9.97 Å². The molecular weight excluding hydrogens is 358 g/mol. The number of hydrogen-bond acceptors (Lipinski definition) is 7. The first-order valence-corrected chi connectivity index (χ1v) is 8.59. The number of carbonyl (C=O) groups excluding carboxylic acids is 1. The minimum Gasteiger partial charge on any atom is -0.493 e. The van der Waals surface area contributed by atoms with Gasteiger partial charge in [0.05, 0.1) is 27.0 Å². The second-order valence-electron chi connectivity index (χ2n) is 5.92. The van der Waals surface area contributed by atoms with E-state index < -0.39 is 0 Å². The zero-order chi connectivity index (χ0) is 19.9. The van der Waals surface area contributed by atoms with Crippen molar-refractivity contribution in [2.75, 3.05) is 26.6 Å². The Balaban J connectivity index is 1.81. The van der Waals surface area contributed by atoms with E-state index in [9.17, 15) is 4.79 Å². The second kappa shape index (κ2) is 8.85. The maximum atomic E-state index is 11.0. The number of carbonyl (C=O) groups is 1. The van der Waals surface area contributed by atoms with Gasteiger partial charge in [0.15, 0.2) is 11.5 Å². The quantitative estimate of drug-likeness (QED) is 0.599. The normalized spacial score (nSPS) is 10.2. The van der Waals surface area contributed by atoms with Gasteiger partial charge in [0.25, 0.3) is 0 Å². The SMILES string of the molecule is COc1cc(CNc2cc(-c3cccc(C=O)c3)ncn2)cc(OC)c1OC. The van der Waals surface area contributed by atoms with Crippen LogP contribution in [0.2, 0.25) is 0 Å². The van der Waals surface area contributed by atoms with E-state index in [-0.39, 0.29) is 0 Å². The minimum atomic E-state index is 0.502. The van der Waals surface area contributed by atoms with Crippen molar-refractivity contribution in [2.24, 2.45) is 0 Å². The largest absolute Gasteiger partial charge is 0.493 e. The molecule has 3 rings (SSSR count). The topological polar surface area (TPSA) is 82.6 Å². The van der Waals surface area contributed by atoms with Gasteiger partial charge in [0, 0.05) is 23.7 Å². The van der Waals surface area contributed by atoms with E-state index in [0.29, 0.717) is 35.2 Å². The molecule has 1 aromatic heterocycles. The molecule has 0 aliphatic carbocycles. The number of anilines is 1. The zero-order valence-electron chi connectivity index (χ0n) is 15.9. The van der Waals surface area contributed by atoms with E-state index in [1.165, 1.54) is 6.33 Å². The molecule has 0 spiro atoms. The van der Waals surface area contributed by atoms with Crippen molar-refractivity contribution in [1.29, 1.82) is 0 Å². The molecule has 0 aliphatic rings. The van der Waals surface area contributed by atoms with Crippen LogP contribution >= 0.6 is 0 Å². The van der Waals surface area contributed by atoms with Crippen LogP contribution in [0.15, 0.2) is 48.8 Å². The number of rotatable bonds is 8. The molecule has 0 amide bonds. The van der Waals surface area contributed by atoms with Crippen molar-refractivity contribution in [3.63, 3.8) is 0 Å². The summed E-state index contributed by atoms with van der Waals surface area (Å²) in [5.74, 6) is 2.39. The van der Waals surface area contributed by atoms with Gasteiger partial charge in [-0.3, -0.25) is 4.79 Å². The lowest BCUT2D eigenvalue weighted by molar-refractivity contribution is 0.112. The smallest absolute Gasteiger partial charge is 0.203 e. The first-order chi connectivity index (χ1) is 13.7. The highest BCUT2D eigenvalue weighted by molar-refractivity contribution is 5.78. The third-order valence-corrected chi connectivity index (χ3v) is 4.18.